The Balaban J connectivity index is 1.37. The quantitative estimate of drug-likeness (QED) is 0.388. The summed E-state index contributed by atoms with van der Waals surface area (Å²) in [5.74, 6) is 3.19. The van der Waals surface area contributed by atoms with E-state index in [-0.39, 0.29) is 17.9 Å². The summed E-state index contributed by atoms with van der Waals surface area (Å²) in [5.41, 5.74) is 0.788. The Morgan fingerprint density at radius 2 is 1.66 bits per heavy atom. The zero-order chi connectivity index (χ0) is 25.5. The van der Waals surface area contributed by atoms with Crippen LogP contribution in [0.2, 0.25) is 0 Å². The van der Waals surface area contributed by atoms with Gasteiger partial charge in [-0.3, -0.25) is 4.79 Å². The molecule has 4 rings (SSSR count). The molecular formula is C30H51NO4. The highest BCUT2D eigenvalue weighted by Crippen LogP contribution is 2.68. The minimum Gasteiger partial charge on any atom is -0.480 e. The van der Waals surface area contributed by atoms with Gasteiger partial charge in [0.1, 0.15) is 6.04 Å². The van der Waals surface area contributed by atoms with Gasteiger partial charge in [0.25, 0.3) is 0 Å². The average Bonchev–Trinajstić information content (AvgIpc) is 3.18. The first-order valence-corrected chi connectivity index (χ1v) is 14.7. The number of aliphatic hydroxyl groups excluding tert-OH is 1. The van der Waals surface area contributed by atoms with Crippen LogP contribution >= 0.6 is 0 Å². The third-order valence-corrected chi connectivity index (χ3v) is 12.0. The normalized spacial score (nSPS) is 43.3. The summed E-state index contributed by atoms with van der Waals surface area (Å²) in [6, 6.07) is -0.788. The summed E-state index contributed by atoms with van der Waals surface area (Å²) in [6.07, 6.45) is 13.0. The third-order valence-electron chi connectivity index (χ3n) is 12.0. The van der Waals surface area contributed by atoms with E-state index in [1.807, 2.05) is 13.8 Å². The van der Waals surface area contributed by atoms with Crippen molar-refractivity contribution in [3.05, 3.63) is 0 Å². The van der Waals surface area contributed by atoms with Crippen LogP contribution in [0.4, 0.5) is 0 Å². The number of aliphatic hydroxyl groups is 1. The van der Waals surface area contributed by atoms with Crippen molar-refractivity contribution >= 4 is 11.9 Å². The molecule has 0 saturated heterocycles. The maximum atomic E-state index is 12.6. The van der Waals surface area contributed by atoms with Gasteiger partial charge in [-0.2, -0.15) is 0 Å². The van der Waals surface area contributed by atoms with Gasteiger partial charge in [-0.15, -0.1) is 0 Å². The maximum absolute atomic E-state index is 12.6. The molecule has 4 fully saturated rings. The highest BCUT2D eigenvalue weighted by atomic mass is 16.4. The van der Waals surface area contributed by atoms with Gasteiger partial charge in [0, 0.05) is 6.42 Å². The highest BCUT2D eigenvalue weighted by Gasteiger charge is 2.60. The standard InChI is InChI=1S/C30H51NO4/c1-6-18(2)27(28(34)35)31-26(33)12-7-19(3)23-10-11-24-22-9-8-20-17-21(32)13-15-29(20,4)25(22)14-16-30(23,24)5/h18-25,27,32H,6-17H2,1-5H3,(H,31,33)(H,34,35)/t18?,19-,20-,21-,22+,23-,24+,25+,27?,29+,30-/m1/s1. The predicted octanol–water partition coefficient (Wildman–Crippen LogP) is 6.04. The van der Waals surface area contributed by atoms with E-state index in [1.54, 1.807) is 0 Å². The number of amides is 1. The molecule has 3 N–H and O–H groups in total. The number of rotatable bonds is 8. The van der Waals surface area contributed by atoms with Crippen molar-refractivity contribution in [2.75, 3.05) is 0 Å². The zero-order valence-corrected chi connectivity index (χ0v) is 22.9. The Hall–Kier alpha value is -1.10. The van der Waals surface area contributed by atoms with Gasteiger partial charge in [-0.25, -0.2) is 4.79 Å². The zero-order valence-electron chi connectivity index (χ0n) is 22.9. The lowest BCUT2D eigenvalue weighted by molar-refractivity contribution is -0.143. The molecule has 0 aromatic rings. The van der Waals surface area contributed by atoms with Gasteiger partial charge in [-0.05, 0) is 116 Å². The molecule has 0 aliphatic heterocycles. The van der Waals surface area contributed by atoms with E-state index in [2.05, 4.69) is 26.1 Å². The van der Waals surface area contributed by atoms with E-state index in [0.717, 1.165) is 43.4 Å². The van der Waals surface area contributed by atoms with Gasteiger partial charge in [-0.1, -0.05) is 41.0 Å². The molecule has 5 nitrogen and oxygen atoms in total. The number of carboxylic acids is 1. The summed E-state index contributed by atoms with van der Waals surface area (Å²) in [6.45, 7) is 11.3. The molecule has 0 spiro atoms. The second-order valence-corrected chi connectivity index (χ2v) is 13.6. The number of hydrogen-bond acceptors (Lipinski definition) is 3. The summed E-state index contributed by atoms with van der Waals surface area (Å²) in [7, 11) is 0. The number of aliphatic carboxylic acids is 1. The Labute approximate surface area is 213 Å². The second-order valence-electron chi connectivity index (χ2n) is 13.6. The smallest absolute Gasteiger partial charge is 0.326 e. The van der Waals surface area contributed by atoms with E-state index < -0.39 is 12.0 Å². The highest BCUT2D eigenvalue weighted by molar-refractivity contribution is 5.83. The van der Waals surface area contributed by atoms with Crippen LogP contribution < -0.4 is 5.32 Å². The van der Waals surface area contributed by atoms with Crippen LogP contribution in [-0.4, -0.2) is 34.2 Å². The Morgan fingerprint density at radius 1 is 0.971 bits per heavy atom. The van der Waals surface area contributed by atoms with Crippen molar-refractivity contribution in [1.29, 1.82) is 0 Å². The summed E-state index contributed by atoms with van der Waals surface area (Å²) < 4.78 is 0. The van der Waals surface area contributed by atoms with E-state index in [4.69, 9.17) is 0 Å². The van der Waals surface area contributed by atoms with Crippen LogP contribution in [0.3, 0.4) is 0 Å². The number of carboxylic acid groups (broad SMARTS) is 1. The van der Waals surface area contributed by atoms with Crippen molar-refractivity contribution in [1.82, 2.24) is 5.32 Å². The third kappa shape index (κ3) is 4.92. The molecule has 35 heavy (non-hydrogen) atoms. The Kier molecular flexibility index (Phi) is 7.96. The van der Waals surface area contributed by atoms with Crippen molar-refractivity contribution in [3.8, 4) is 0 Å². The van der Waals surface area contributed by atoms with Crippen LogP contribution in [0.15, 0.2) is 0 Å². The summed E-state index contributed by atoms with van der Waals surface area (Å²) in [4.78, 5) is 24.2. The first kappa shape index (κ1) is 26.9. The van der Waals surface area contributed by atoms with E-state index >= 15 is 0 Å². The van der Waals surface area contributed by atoms with Crippen molar-refractivity contribution in [2.45, 2.75) is 124 Å². The molecule has 1 amide bonds. The van der Waals surface area contributed by atoms with Crippen LogP contribution in [0.1, 0.15) is 112 Å². The molecule has 0 bridgehead atoms. The Bertz CT molecular complexity index is 784. The molecule has 0 radical (unpaired) electrons. The molecule has 11 atom stereocenters. The number of nitrogens with one attached hydrogen (secondary N) is 1. The second kappa shape index (κ2) is 10.3. The monoisotopic (exact) mass is 489 g/mol. The predicted molar refractivity (Wildman–Crippen MR) is 139 cm³/mol. The first-order chi connectivity index (χ1) is 16.5. The molecule has 4 aliphatic rings. The molecule has 0 heterocycles. The molecule has 0 aromatic carbocycles. The fraction of sp³-hybridized carbons (Fsp3) is 0.933. The average molecular weight is 490 g/mol. The molecule has 4 saturated carbocycles. The van der Waals surface area contributed by atoms with Crippen LogP contribution in [0.25, 0.3) is 0 Å². The van der Waals surface area contributed by atoms with Crippen LogP contribution in [0.5, 0.6) is 0 Å². The SMILES string of the molecule is CCC(C)C(NC(=O)CC[C@@H](C)[C@H]1CC[C@H]2[C@@H]3CC[C@@H]4C[C@H](O)CC[C@]4(C)[C@H]3CC[C@]12C)C(=O)O. The van der Waals surface area contributed by atoms with Crippen LogP contribution in [-0.2, 0) is 9.59 Å². The number of carbonyl (C=O) groups is 2. The first-order valence-electron chi connectivity index (χ1n) is 14.7. The molecule has 4 aliphatic carbocycles. The topological polar surface area (TPSA) is 86.6 Å². The molecule has 5 heteroatoms. The fourth-order valence-electron chi connectivity index (χ4n) is 9.70. The minimum absolute atomic E-state index is 0.0667. The molecule has 2 unspecified atom stereocenters. The van der Waals surface area contributed by atoms with Gasteiger partial charge in [0.2, 0.25) is 5.91 Å². The van der Waals surface area contributed by atoms with Crippen molar-refractivity contribution in [2.24, 2.45) is 52.3 Å². The number of fused-ring (bicyclic) bond motifs is 5. The van der Waals surface area contributed by atoms with Crippen molar-refractivity contribution < 1.29 is 19.8 Å². The summed E-state index contributed by atoms with van der Waals surface area (Å²) in [5, 5.41) is 22.6. The fourth-order valence-corrected chi connectivity index (χ4v) is 9.70. The summed E-state index contributed by atoms with van der Waals surface area (Å²) >= 11 is 0. The largest absolute Gasteiger partial charge is 0.480 e. The Morgan fingerprint density at radius 3 is 2.34 bits per heavy atom. The lowest BCUT2D eigenvalue weighted by Gasteiger charge is -2.61. The lowest BCUT2D eigenvalue weighted by atomic mass is 9.44. The van der Waals surface area contributed by atoms with E-state index in [0.29, 0.717) is 35.0 Å². The number of carbonyl (C=O) groups excluding carboxylic acids is 1. The minimum atomic E-state index is -0.931. The van der Waals surface area contributed by atoms with Gasteiger partial charge >= 0.3 is 5.97 Å². The van der Waals surface area contributed by atoms with E-state index in [1.165, 1.54) is 44.9 Å². The van der Waals surface area contributed by atoms with E-state index in [9.17, 15) is 19.8 Å². The lowest BCUT2D eigenvalue weighted by Crippen LogP contribution is -2.54. The van der Waals surface area contributed by atoms with Gasteiger partial charge in [0.15, 0.2) is 0 Å². The van der Waals surface area contributed by atoms with Gasteiger partial charge in [0.05, 0.1) is 6.10 Å². The number of hydrogen-bond donors (Lipinski definition) is 3. The molecule has 200 valence electrons. The maximum Gasteiger partial charge on any atom is 0.326 e. The van der Waals surface area contributed by atoms with Gasteiger partial charge < -0.3 is 15.5 Å². The van der Waals surface area contributed by atoms with Crippen molar-refractivity contribution in [3.63, 3.8) is 0 Å². The molecule has 0 aromatic heterocycles. The van der Waals surface area contributed by atoms with Crippen LogP contribution in [0, 0.1) is 52.3 Å². The molecular weight excluding hydrogens is 438 g/mol.